The van der Waals surface area contributed by atoms with Gasteiger partial charge in [0.1, 0.15) is 11.5 Å². The molecule has 0 atom stereocenters. The summed E-state index contributed by atoms with van der Waals surface area (Å²) in [5.41, 5.74) is 3.07. The van der Waals surface area contributed by atoms with E-state index in [-0.39, 0.29) is 11.6 Å². The molecule has 0 amide bonds. The van der Waals surface area contributed by atoms with E-state index in [1.165, 1.54) is 23.3 Å². The topological polar surface area (TPSA) is 84.4 Å². The van der Waals surface area contributed by atoms with Gasteiger partial charge in [0.2, 0.25) is 0 Å². The van der Waals surface area contributed by atoms with Crippen LogP contribution in [0.1, 0.15) is 37.8 Å². The lowest BCUT2D eigenvalue weighted by atomic mass is 10.0. The fraction of sp³-hybridized carbons (Fsp3) is 0.308. The van der Waals surface area contributed by atoms with Crippen LogP contribution in [0.4, 0.5) is 0 Å². The number of hydrogen-bond acceptors (Lipinski definition) is 4. The molecular weight excluding hydrogens is 440 g/mol. The van der Waals surface area contributed by atoms with Crippen molar-refractivity contribution in [1.82, 2.24) is 9.97 Å². The van der Waals surface area contributed by atoms with E-state index in [0.29, 0.717) is 23.6 Å². The quantitative estimate of drug-likeness (QED) is 0.264. The van der Waals surface area contributed by atoms with Gasteiger partial charge in [0.05, 0.1) is 22.9 Å². The number of aromatic nitrogens is 2. The second kappa shape index (κ2) is 11.6. The van der Waals surface area contributed by atoms with Gasteiger partial charge in [0.25, 0.3) is 6.01 Å². The van der Waals surface area contributed by atoms with Gasteiger partial charge >= 0.3 is 5.97 Å². The summed E-state index contributed by atoms with van der Waals surface area (Å²) >= 11 is 5.93. The van der Waals surface area contributed by atoms with Crippen LogP contribution in [-0.2, 0) is 17.6 Å². The molecule has 0 spiro atoms. The van der Waals surface area contributed by atoms with Crippen LogP contribution in [0.25, 0.3) is 12.2 Å². The Morgan fingerprint density at radius 2 is 2.15 bits per heavy atom. The first-order chi connectivity index (χ1) is 15.9. The van der Waals surface area contributed by atoms with Crippen LogP contribution < -0.4 is 20.2 Å². The van der Waals surface area contributed by atoms with Crippen molar-refractivity contribution in [3.8, 4) is 11.8 Å². The number of aromatic amines is 1. The molecule has 0 radical (unpaired) electrons. The van der Waals surface area contributed by atoms with Gasteiger partial charge in [0.15, 0.2) is 0 Å². The van der Waals surface area contributed by atoms with E-state index >= 15 is 0 Å². The van der Waals surface area contributed by atoms with Gasteiger partial charge in [-0.2, -0.15) is 4.98 Å². The van der Waals surface area contributed by atoms with Crippen molar-refractivity contribution in [3.05, 3.63) is 75.7 Å². The number of benzene rings is 1. The Bertz CT molecular complexity index is 1210. The Balaban J connectivity index is 1.85. The molecule has 6 nitrogen and oxygen atoms in total. The molecule has 7 heteroatoms. The lowest BCUT2D eigenvalue weighted by Gasteiger charge is -2.08. The van der Waals surface area contributed by atoms with Crippen molar-refractivity contribution < 1.29 is 19.4 Å². The number of halogens is 1. The zero-order valence-corrected chi connectivity index (χ0v) is 19.7. The Morgan fingerprint density at radius 3 is 2.88 bits per heavy atom. The maximum absolute atomic E-state index is 11.5. The zero-order valence-electron chi connectivity index (χ0n) is 19.0. The van der Waals surface area contributed by atoms with Crippen molar-refractivity contribution >= 4 is 29.7 Å². The number of fused-ring (bicyclic) bond motifs is 1. The summed E-state index contributed by atoms with van der Waals surface area (Å²) in [6.07, 6.45) is 10.7. The Kier molecular flexibility index (Phi) is 8.55. The number of aryl methyl sites for hydroxylation is 1. The molecule has 33 heavy (non-hydrogen) atoms. The SMILES string of the molecule is C=C/C(C)=C(\C=C(/C)Oc1nc(=C/Cc2ccc3c(c2)CCCCO3)/c(=C\CCl)[nH]1)C(=O)O. The molecule has 0 saturated heterocycles. The van der Waals surface area contributed by atoms with Crippen molar-refractivity contribution in [3.63, 3.8) is 0 Å². The van der Waals surface area contributed by atoms with Crippen LogP contribution in [0.2, 0.25) is 0 Å². The highest BCUT2D eigenvalue weighted by Crippen LogP contribution is 2.25. The van der Waals surface area contributed by atoms with E-state index in [1.54, 1.807) is 13.8 Å². The highest BCUT2D eigenvalue weighted by atomic mass is 35.5. The third-order valence-corrected chi connectivity index (χ3v) is 5.50. The molecule has 0 bridgehead atoms. The number of carboxylic acid groups (broad SMARTS) is 1. The number of rotatable bonds is 8. The van der Waals surface area contributed by atoms with E-state index in [9.17, 15) is 9.90 Å². The maximum atomic E-state index is 11.5. The van der Waals surface area contributed by atoms with Gasteiger partial charge in [-0.05, 0) is 74.4 Å². The van der Waals surface area contributed by atoms with Gasteiger partial charge in [-0.25, -0.2) is 4.79 Å². The molecule has 174 valence electrons. The highest BCUT2D eigenvalue weighted by molar-refractivity contribution is 6.20. The summed E-state index contributed by atoms with van der Waals surface area (Å²) in [4.78, 5) is 19.1. The van der Waals surface area contributed by atoms with Crippen molar-refractivity contribution in [2.24, 2.45) is 0 Å². The largest absolute Gasteiger partial charge is 0.493 e. The second-order valence-corrected chi connectivity index (χ2v) is 8.13. The van der Waals surface area contributed by atoms with E-state index in [4.69, 9.17) is 21.1 Å². The molecule has 1 aliphatic rings. The zero-order chi connectivity index (χ0) is 23.8. The molecule has 1 aromatic carbocycles. The molecule has 0 aliphatic carbocycles. The second-order valence-electron chi connectivity index (χ2n) is 7.82. The maximum Gasteiger partial charge on any atom is 0.336 e. The van der Waals surface area contributed by atoms with Crippen molar-refractivity contribution in [2.75, 3.05) is 12.5 Å². The minimum atomic E-state index is -1.05. The molecule has 3 rings (SSSR count). The van der Waals surface area contributed by atoms with Crippen LogP contribution in [-0.4, -0.2) is 33.5 Å². The van der Waals surface area contributed by atoms with Gasteiger partial charge < -0.3 is 19.6 Å². The normalized spacial score (nSPS) is 15.9. The number of imidazole rings is 1. The highest BCUT2D eigenvalue weighted by Gasteiger charge is 2.11. The summed E-state index contributed by atoms with van der Waals surface area (Å²) in [5.74, 6) is 0.632. The van der Waals surface area contributed by atoms with Gasteiger partial charge in [-0.1, -0.05) is 30.9 Å². The summed E-state index contributed by atoms with van der Waals surface area (Å²) < 4.78 is 11.6. The molecule has 0 fully saturated rings. The first kappa shape index (κ1) is 24.4. The number of carboxylic acids is 1. The third kappa shape index (κ3) is 6.62. The van der Waals surface area contributed by atoms with E-state index in [1.807, 2.05) is 18.2 Å². The molecule has 2 N–H and O–H groups in total. The van der Waals surface area contributed by atoms with Crippen LogP contribution in [0.15, 0.2) is 53.8 Å². The number of ether oxygens (including phenoxy) is 2. The predicted molar refractivity (Wildman–Crippen MR) is 131 cm³/mol. The fourth-order valence-corrected chi connectivity index (χ4v) is 3.72. The number of nitrogens with one attached hydrogen (secondary N) is 1. The summed E-state index contributed by atoms with van der Waals surface area (Å²) in [7, 11) is 0. The van der Waals surface area contributed by atoms with Crippen LogP contribution in [0, 0.1) is 0 Å². The smallest absolute Gasteiger partial charge is 0.336 e. The first-order valence-electron chi connectivity index (χ1n) is 10.9. The van der Waals surface area contributed by atoms with E-state index < -0.39 is 5.97 Å². The van der Waals surface area contributed by atoms with Gasteiger partial charge in [0, 0.05) is 5.88 Å². The Morgan fingerprint density at radius 1 is 1.33 bits per heavy atom. The fourth-order valence-electron chi connectivity index (χ4n) is 3.56. The monoisotopic (exact) mass is 468 g/mol. The average Bonchev–Trinajstić information content (AvgIpc) is 3.01. The lowest BCUT2D eigenvalue weighted by Crippen LogP contribution is -2.24. The molecule has 2 aromatic rings. The van der Waals surface area contributed by atoms with Crippen molar-refractivity contribution in [1.29, 1.82) is 0 Å². The lowest BCUT2D eigenvalue weighted by molar-refractivity contribution is -0.132. The minimum absolute atomic E-state index is 0.112. The molecule has 0 saturated carbocycles. The van der Waals surface area contributed by atoms with Crippen LogP contribution >= 0.6 is 11.6 Å². The third-order valence-electron chi connectivity index (χ3n) is 5.34. The number of allylic oxidation sites excluding steroid dienone is 3. The van der Waals surface area contributed by atoms with Crippen LogP contribution in [0.5, 0.6) is 11.8 Å². The Labute approximate surface area is 198 Å². The standard InChI is InChI=1S/C26H29ClN2O4/c1-4-17(2)21(25(30)31)15-18(3)33-26-28-22(23(29-26)12-13-27)10-8-19-9-11-24-20(16-19)7-5-6-14-32-24/h4,9-12,15-16H,1,5-8,13-14H2,2-3H3,(H,28,29)(H,30,31)/b18-15+,21-17+,22-10+,23-12+. The summed E-state index contributed by atoms with van der Waals surface area (Å²) in [6.45, 7) is 7.76. The molecule has 1 aromatic heterocycles. The molecular formula is C26H29ClN2O4. The summed E-state index contributed by atoms with van der Waals surface area (Å²) in [5, 5.41) is 10.9. The number of alkyl halides is 1. The number of nitrogens with zero attached hydrogens (tertiary/aromatic N) is 1. The van der Waals surface area contributed by atoms with Crippen molar-refractivity contribution in [2.45, 2.75) is 39.5 Å². The minimum Gasteiger partial charge on any atom is -0.493 e. The van der Waals surface area contributed by atoms with E-state index in [0.717, 1.165) is 42.3 Å². The number of carbonyl (C=O) groups is 1. The van der Waals surface area contributed by atoms with E-state index in [2.05, 4.69) is 28.7 Å². The molecule has 1 aliphatic heterocycles. The molecule has 2 heterocycles. The van der Waals surface area contributed by atoms with Crippen LogP contribution in [0.3, 0.4) is 0 Å². The number of hydrogen-bond donors (Lipinski definition) is 2. The summed E-state index contributed by atoms with van der Waals surface area (Å²) in [6, 6.07) is 6.58. The number of H-pyrrole nitrogens is 1. The average molecular weight is 469 g/mol. The first-order valence-corrected chi connectivity index (χ1v) is 11.4. The molecule has 0 unspecified atom stereocenters. The predicted octanol–water partition coefficient (Wildman–Crippen LogP) is 4.04. The van der Waals surface area contributed by atoms with Gasteiger partial charge in [-0.3, -0.25) is 0 Å². The number of aliphatic carboxylic acids is 1. The Hall–Kier alpha value is -3.25. The van der Waals surface area contributed by atoms with Gasteiger partial charge in [-0.15, -0.1) is 11.6 Å².